The lowest BCUT2D eigenvalue weighted by atomic mass is 9.71. The molecule has 5 atom stereocenters. The molecule has 0 saturated carbocycles. The van der Waals surface area contributed by atoms with Gasteiger partial charge in [0.1, 0.15) is 12.1 Å². The summed E-state index contributed by atoms with van der Waals surface area (Å²) in [7, 11) is 2.54. The molecule has 124 valence electrons. The molecule has 0 saturated heterocycles. The second-order valence-corrected chi connectivity index (χ2v) is 8.06. The average molecular weight is 346 g/mol. The first-order valence-electron chi connectivity index (χ1n) is 6.81. The maximum atomic E-state index is 11.3. The van der Waals surface area contributed by atoms with Gasteiger partial charge in [-0.2, -0.15) is 0 Å². The van der Waals surface area contributed by atoms with Crippen LogP contribution in [0.15, 0.2) is 24.3 Å². The Bertz CT molecular complexity index is 483. The smallest absolute Gasteiger partial charge is 0.321 e. The van der Waals surface area contributed by atoms with E-state index in [4.69, 9.17) is 16.6 Å². The van der Waals surface area contributed by atoms with Crippen molar-refractivity contribution in [3.05, 3.63) is 24.3 Å². The summed E-state index contributed by atoms with van der Waals surface area (Å²) in [5.41, 5.74) is 10.9. The molecule has 22 heavy (non-hydrogen) atoms. The molecule has 0 bridgehead atoms. The zero-order valence-electron chi connectivity index (χ0n) is 12.5. The van der Waals surface area contributed by atoms with Gasteiger partial charge in [-0.05, 0) is 5.92 Å². The Morgan fingerprint density at radius 2 is 1.91 bits per heavy atom. The predicted molar refractivity (Wildman–Crippen MR) is 90.6 cm³/mol. The van der Waals surface area contributed by atoms with Gasteiger partial charge in [-0.25, -0.2) is 0 Å². The van der Waals surface area contributed by atoms with Crippen LogP contribution in [0, 0.1) is 11.3 Å². The summed E-state index contributed by atoms with van der Waals surface area (Å²) in [6, 6.07) is -2.03. The molecule has 8 heteroatoms. The van der Waals surface area contributed by atoms with Gasteiger partial charge in [0, 0.05) is 11.2 Å². The summed E-state index contributed by atoms with van der Waals surface area (Å²) < 4.78 is 0. The number of carbonyl (C=O) groups is 2. The fourth-order valence-electron chi connectivity index (χ4n) is 2.14. The lowest BCUT2D eigenvalue weighted by Gasteiger charge is -2.41. The molecule has 0 fully saturated rings. The monoisotopic (exact) mass is 346 g/mol. The molecule has 0 aliphatic heterocycles. The van der Waals surface area contributed by atoms with Gasteiger partial charge in [0.05, 0.1) is 5.25 Å². The van der Waals surface area contributed by atoms with Crippen molar-refractivity contribution in [3.8, 4) is 0 Å². The number of nitrogens with two attached hydrogens (primary N) is 2. The summed E-state index contributed by atoms with van der Waals surface area (Å²) in [6.07, 6.45) is 7.79. The maximum absolute atomic E-state index is 11.3. The van der Waals surface area contributed by atoms with Crippen molar-refractivity contribution in [3.63, 3.8) is 0 Å². The van der Waals surface area contributed by atoms with E-state index >= 15 is 0 Å². The zero-order chi connectivity index (χ0) is 16.9. The number of carboxylic acids is 2. The Morgan fingerprint density at radius 1 is 1.27 bits per heavy atom. The Balaban J connectivity index is 2.85. The van der Waals surface area contributed by atoms with E-state index in [0.717, 1.165) is 0 Å². The fourth-order valence-corrected chi connectivity index (χ4v) is 5.49. The minimum Gasteiger partial charge on any atom is -0.480 e. The van der Waals surface area contributed by atoms with Crippen LogP contribution < -0.4 is 11.5 Å². The highest BCUT2D eigenvalue weighted by Gasteiger charge is 2.43. The lowest BCUT2D eigenvalue weighted by molar-refractivity contribution is -0.139. The van der Waals surface area contributed by atoms with Crippen molar-refractivity contribution in [1.29, 1.82) is 0 Å². The quantitative estimate of drug-likeness (QED) is 0.485. The molecule has 1 aliphatic carbocycles. The minimum atomic E-state index is -1.08. The zero-order valence-corrected chi connectivity index (χ0v) is 14.1. The van der Waals surface area contributed by atoms with Crippen molar-refractivity contribution >= 4 is 33.5 Å². The highest BCUT2D eigenvalue weighted by molar-refractivity contribution is 8.77. The van der Waals surface area contributed by atoms with Gasteiger partial charge >= 0.3 is 11.9 Å². The SMILES string of the molecule is CC1C=CC=CC1(C)C(SSC[C@H](N)C(=O)O)[C@H](N)C(=O)O. The van der Waals surface area contributed by atoms with E-state index in [9.17, 15) is 14.7 Å². The molecule has 3 unspecified atom stereocenters. The normalized spacial score (nSPS) is 28.1. The summed E-state index contributed by atoms with van der Waals surface area (Å²) in [6.45, 7) is 3.98. The molecule has 0 aromatic carbocycles. The highest BCUT2D eigenvalue weighted by atomic mass is 33.1. The van der Waals surface area contributed by atoms with Gasteiger partial charge in [-0.1, -0.05) is 59.7 Å². The van der Waals surface area contributed by atoms with Crippen LogP contribution in [-0.4, -0.2) is 45.2 Å². The van der Waals surface area contributed by atoms with Gasteiger partial charge in [-0.15, -0.1) is 0 Å². The number of aliphatic carboxylic acids is 2. The summed E-state index contributed by atoms with van der Waals surface area (Å²) in [5, 5.41) is 17.7. The number of rotatable bonds is 8. The Hall–Kier alpha value is -0.960. The molecule has 0 radical (unpaired) electrons. The number of hydrogen-bond acceptors (Lipinski definition) is 6. The second kappa shape index (κ2) is 8.05. The van der Waals surface area contributed by atoms with Gasteiger partial charge in [0.25, 0.3) is 0 Å². The van der Waals surface area contributed by atoms with E-state index in [1.807, 2.05) is 38.2 Å². The van der Waals surface area contributed by atoms with Gasteiger partial charge in [0.2, 0.25) is 0 Å². The van der Waals surface area contributed by atoms with Gasteiger partial charge in [-0.3, -0.25) is 9.59 Å². The van der Waals surface area contributed by atoms with Gasteiger partial charge < -0.3 is 21.7 Å². The first-order valence-corrected chi connectivity index (χ1v) is 9.19. The van der Waals surface area contributed by atoms with E-state index in [-0.39, 0.29) is 11.7 Å². The van der Waals surface area contributed by atoms with Crippen LogP contribution in [0.4, 0.5) is 0 Å². The third-order valence-corrected chi connectivity index (χ3v) is 6.99. The molecule has 0 spiro atoms. The second-order valence-electron chi connectivity index (χ2n) is 5.51. The Morgan fingerprint density at radius 3 is 2.41 bits per heavy atom. The van der Waals surface area contributed by atoms with E-state index < -0.39 is 34.7 Å². The molecular formula is C14H22N2O4S2. The molecule has 1 rings (SSSR count). The number of carboxylic acid groups (broad SMARTS) is 2. The van der Waals surface area contributed by atoms with Crippen molar-refractivity contribution in [2.45, 2.75) is 31.2 Å². The van der Waals surface area contributed by atoms with Crippen LogP contribution in [0.3, 0.4) is 0 Å². The first kappa shape index (κ1) is 19.1. The molecule has 6 nitrogen and oxygen atoms in total. The van der Waals surface area contributed by atoms with Crippen LogP contribution in [0.2, 0.25) is 0 Å². The van der Waals surface area contributed by atoms with Crippen molar-refractivity contribution < 1.29 is 19.8 Å². The molecule has 6 N–H and O–H groups in total. The molecule has 0 aromatic heterocycles. The van der Waals surface area contributed by atoms with E-state index in [1.54, 1.807) is 0 Å². The van der Waals surface area contributed by atoms with E-state index in [2.05, 4.69) is 0 Å². The summed E-state index contributed by atoms with van der Waals surface area (Å²) in [5.74, 6) is -1.84. The van der Waals surface area contributed by atoms with Crippen molar-refractivity contribution in [2.24, 2.45) is 22.8 Å². The molecule has 0 aromatic rings. The maximum Gasteiger partial charge on any atom is 0.321 e. The van der Waals surface area contributed by atoms with Crippen LogP contribution in [0.1, 0.15) is 13.8 Å². The standard InChI is InChI=1S/C14H22N2O4S2/c1-8-5-3-4-6-14(8,2)11(10(16)13(19)20)22-21-7-9(15)12(17)18/h3-6,8-11H,7,15-16H2,1-2H3,(H,17,18)(H,19,20)/t8?,9-,10-,11?,14?/m0/s1. The van der Waals surface area contributed by atoms with Crippen LogP contribution in [-0.2, 0) is 9.59 Å². The first-order chi connectivity index (χ1) is 10.2. The number of allylic oxidation sites excluding steroid dienone is 4. The third kappa shape index (κ3) is 4.52. The Kier molecular flexibility index (Phi) is 6.98. The van der Waals surface area contributed by atoms with Gasteiger partial charge in [0.15, 0.2) is 0 Å². The summed E-state index contributed by atoms with van der Waals surface area (Å²) >= 11 is 0. The van der Waals surface area contributed by atoms with Crippen LogP contribution in [0.5, 0.6) is 0 Å². The largest absolute Gasteiger partial charge is 0.480 e. The number of hydrogen-bond donors (Lipinski definition) is 4. The topological polar surface area (TPSA) is 127 Å². The van der Waals surface area contributed by atoms with E-state index in [1.165, 1.54) is 21.6 Å². The highest BCUT2D eigenvalue weighted by Crippen LogP contribution is 2.46. The summed E-state index contributed by atoms with van der Waals surface area (Å²) in [4.78, 5) is 22.1. The fraction of sp³-hybridized carbons (Fsp3) is 0.571. The average Bonchev–Trinajstić information content (AvgIpc) is 2.45. The molecule has 0 amide bonds. The molecular weight excluding hydrogens is 324 g/mol. The van der Waals surface area contributed by atoms with Crippen molar-refractivity contribution in [1.82, 2.24) is 0 Å². The van der Waals surface area contributed by atoms with Crippen LogP contribution in [0.25, 0.3) is 0 Å². The molecule has 0 heterocycles. The van der Waals surface area contributed by atoms with Crippen molar-refractivity contribution in [2.75, 3.05) is 5.75 Å². The Labute approximate surface area is 137 Å². The predicted octanol–water partition coefficient (Wildman–Crippen LogP) is 1.33. The third-order valence-electron chi connectivity index (χ3n) is 3.91. The van der Waals surface area contributed by atoms with E-state index in [0.29, 0.717) is 0 Å². The minimum absolute atomic E-state index is 0.120. The lowest BCUT2D eigenvalue weighted by Crippen LogP contribution is -2.50. The van der Waals surface area contributed by atoms with Crippen LogP contribution >= 0.6 is 21.6 Å². The molecule has 1 aliphatic rings.